The third-order valence-electron chi connectivity index (χ3n) is 4.48. The van der Waals surface area contributed by atoms with Gasteiger partial charge in [-0.05, 0) is 25.0 Å². The topological polar surface area (TPSA) is 95.4 Å². The Labute approximate surface area is 152 Å². The van der Waals surface area contributed by atoms with Crippen LogP contribution < -0.4 is 5.32 Å². The van der Waals surface area contributed by atoms with Crippen molar-refractivity contribution in [2.75, 3.05) is 25.0 Å². The Balaban J connectivity index is 1.91. The van der Waals surface area contributed by atoms with E-state index in [9.17, 15) is 9.59 Å². The Morgan fingerprint density at radius 3 is 2.88 bits per heavy atom. The van der Waals surface area contributed by atoms with Crippen molar-refractivity contribution in [2.24, 2.45) is 0 Å². The number of hydrogen-bond acceptors (Lipinski definition) is 5. The lowest BCUT2D eigenvalue weighted by Gasteiger charge is -2.32. The highest BCUT2D eigenvalue weighted by molar-refractivity contribution is 5.89. The molecule has 2 heterocycles. The minimum atomic E-state index is -0.473. The number of carbonyl (C=O) groups is 2. The first kappa shape index (κ1) is 18.0. The number of hydrogen-bond donors (Lipinski definition) is 2. The molecule has 26 heavy (non-hydrogen) atoms. The highest BCUT2D eigenvalue weighted by Crippen LogP contribution is 2.32. The van der Waals surface area contributed by atoms with Crippen LogP contribution in [0.4, 0.5) is 5.69 Å². The molecule has 7 heteroatoms. The van der Waals surface area contributed by atoms with Crippen LogP contribution in [0, 0.1) is 0 Å². The van der Waals surface area contributed by atoms with Crippen LogP contribution in [0.5, 0.6) is 0 Å². The quantitative estimate of drug-likeness (QED) is 0.873. The second-order valence-corrected chi connectivity index (χ2v) is 6.39. The van der Waals surface area contributed by atoms with Crippen LogP contribution in [-0.2, 0) is 9.59 Å². The molecule has 1 atom stereocenters. The lowest BCUT2D eigenvalue weighted by molar-refractivity contribution is -0.135. The van der Waals surface area contributed by atoms with Gasteiger partial charge in [0.05, 0.1) is 11.4 Å². The number of piperidine rings is 1. The van der Waals surface area contributed by atoms with Gasteiger partial charge in [-0.2, -0.15) is 0 Å². The van der Waals surface area contributed by atoms with Gasteiger partial charge in [-0.25, -0.2) is 0 Å². The van der Waals surface area contributed by atoms with Crippen molar-refractivity contribution in [1.29, 1.82) is 0 Å². The maximum Gasteiger partial charge on any atom is 0.248 e. The van der Waals surface area contributed by atoms with Gasteiger partial charge in [0, 0.05) is 49.6 Å². The van der Waals surface area contributed by atoms with Crippen LogP contribution in [0.2, 0.25) is 0 Å². The molecule has 3 rings (SSSR count). The van der Waals surface area contributed by atoms with Gasteiger partial charge in [0.1, 0.15) is 6.61 Å². The van der Waals surface area contributed by atoms with E-state index in [2.05, 4.69) is 15.3 Å². The molecule has 0 aliphatic carbocycles. The summed E-state index contributed by atoms with van der Waals surface area (Å²) in [5.74, 6) is -0.327. The summed E-state index contributed by atoms with van der Waals surface area (Å²) in [6.07, 6.45) is 5.07. The predicted molar refractivity (Wildman–Crippen MR) is 97.4 cm³/mol. The number of anilines is 1. The van der Waals surface area contributed by atoms with Gasteiger partial charge in [0.25, 0.3) is 0 Å². The number of carbonyl (C=O) groups excluding carboxylic acids is 2. The second kappa shape index (κ2) is 8.05. The summed E-state index contributed by atoms with van der Waals surface area (Å²) in [6.45, 7) is 2.17. The van der Waals surface area contributed by atoms with Crippen LogP contribution in [0.15, 0.2) is 36.7 Å². The Hall–Kier alpha value is -2.80. The smallest absolute Gasteiger partial charge is 0.248 e. The molecule has 1 aromatic carbocycles. The van der Waals surface area contributed by atoms with Gasteiger partial charge in [-0.1, -0.05) is 12.1 Å². The molecule has 0 bridgehead atoms. The molecular weight excluding hydrogens is 332 g/mol. The summed E-state index contributed by atoms with van der Waals surface area (Å²) in [5, 5.41) is 11.9. The molecule has 1 fully saturated rings. The highest BCUT2D eigenvalue weighted by Gasteiger charge is 2.27. The zero-order chi connectivity index (χ0) is 18.5. The van der Waals surface area contributed by atoms with E-state index in [0.717, 1.165) is 29.8 Å². The van der Waals surface area contributed by atoms with Gasteiger partial charge in [0.2, 0.25) is 11.8 Å². The number of amides is 2. The minimum absolute atomic E-state index is 0.0624. The molecule has 0 saturated carbocycles. The van der Waals surface area contributed by atoms with Crippen LogP contribution in [0.3, 0.4) is 0 Å². The van der Waals surface area contributed by atoms with Crippen molar-refractivity contribution in [3.8, 4) is 11.3 Å². The van der Waals surface area contributed by atoms with Gasteiger partial charge in [-0.15, -0.1) is 0 Å². The van der Waals surface area contributed by atoms with Crippen molar-refractivity contribution in [1.82, 2.24) is 14.9 Å². The summed E-state index contributed by atoms with van der Waals surface area (Å²) in [6, 6.07) is 7.48. The van der Waals surface area contributed by atoms with Gasteiger partial charge < -0.3 is 15.3 Å². The SMILES string of the molecule is CC(=O)Nc1cccc(-c2nccnc2[C@@H]2CCCN(C(=O)CO)C2)c1. The minimum Gasteiger partial charge on any atom is -0.387 e. The average molecular weight is 354 g/mol. The number of likely N-dealkylation sites (tertiary alicyclic amines) is 1. The van der Waals surface area contributed by atoms with Crippen molar-refractivity contribution in [3.05, 3.63) is 42.4 Å². The Kier molecular flexibility index (Phi) is 5.58. The van der Waals surface area contributed by atoms with Crippen molar-refractivity contribution in [3.63, 3.8) is 0 Å². The zero-order valence-corrected chi connectivity index (χ0v) is 14.7. The fourth-order valence-corrected chi connectivity index (χ4v) is 3.34. The fraction of sp³-hybridized carbons (Fsp3) is 0.368. The van der Waals surface area contributed by atoms with E-state index < -0.39 is 6.61 Å². The summed E-state index contributed by atoms with van der Waals surface area (Å²) in [7, 11) is 0. The molecule has 1 aliphatic heterocycles. The highest BCUT2D eigenvalue weighted by atomic mass is 16.3. The van der Waals surface area contributed by atoms with Crippen LogP contribution in [0.1, 0.15) is 31.4 Å². The number of aliphatic hydroxyl groups is 1. The monoisotopic (exact) mass is 354 g/mol. The maximum absolute atomic E-state index is 11.8. The predicted octanol–water partition coefficient (Wildman–Crippen LogP) is 1.80. The van der Waals surface area contributed by atoms with E-state index in [-0.39, 0.29) is 17.7 Å². The lowest BCUT2D eigenvalue weighted by atomic mass is 9.91. The van der Waals surface area contributed by atoms with E-state index in [1.807, 2.05) is 24.3 Å². The molecule has 1 aromatic heterocycles. The van der Waals surface area contributed by atoms with Crippen LogP contribution >= 0.6 is 0 Å². The first-order chi connectivity index (χ1) is 12.6. The van der Waals surface area contributed by atoms with E-state index >= 15 is 0 Å². The number of aromatic nitrogens is 2. The van der Waals surface area contributed by atoms with Crippen molar-refractivity contribution < 1.29 is 14.7 Å². The molecule has 2 aromatic rings. The molecule has 2 N–H and O–H groups in total. The number of benzene rings is 1. The first-order valence-corrected chi connectivity index (χ1v) is 8.66. The Morgan fingerprint density at radius 2 is 2.12 bits per heavy atom. The molecule has 0 unspecified atom stereocenters. The van der Waals surface area contributed by atoms with E-state index in [0.29, 0.717) is 18.8 Å². The van der Waals surface area contributed by atoms with Gasteiger partial charge in [0.15, 0.2) is 0 Å². The standard InChI is InChI=1S/C19H22N4O3/c1-13(25)22-16-6-2-4-14(10-16)18-19(21-8-7-20-18)15-5-3-9-23(11-15)17(26)12-24/h2,4,6-8,10,15,24H,3,5,9,11-12H2,1H3,(H,22,25)/t15-/m1/s1. The molecule has 7 nitrogen and oxygen atoms in total. The molecule has 2 amide bonds. The molecule has 1 saturated heterocycles. The normalized spacial score (nSPS) is 17.0. The summed E-state index contributed by atoms with van der Waals surface area (Å²) in [4.78, 5) is 33.9. The first-order valence-electron chi connectivity index (χ1n) is 8.66. The number of aliphatic hydroxyl groups excluding tert-OH is 1. The molecule has 0 radical (unpaired) electrons. The second-order valence-electron chi connectivity index (χ2n) is 6.39. The summed E-state index contributed by atoms with van der Waals surface area (Å²) < 4.78 is 0. The zero-order valence-electron chi connectivity index (χ0n) is 14.7. The Morgan fingerprint density at radius 1 is 1.31 bits per heavy atom. The van der Waals surface area contributed by atoms with E-state index in [1.165, 1.54) is 6.92 Å². The maximum atomic E-state index is 11.8. The van der Waals surface area contributed by atoms with Gasteiger partial charge in [-0.3, -0.25) is 19.6 Å². The van der Waals surface area contributed by atoms with Gasteiger partial charge >= 0.3 is 0 Å². The van der Waals surface area contributed by atoms with Crippen LogP contribution in [-0.4, -0.2) is 51.5 Å². The number of nitrogens with zero attached hydrogens (tertiary/aromatic N) is 3. The summed E-state index contributed by atoms with van der Waals surface area (Å²) in [5.41, 5.74) is 3.16. The average Bonchev–Trinajstić information content (AvgIpc) is 2.67. The lowest BCUT2D eigenvalue weighted by Crippen LogP contribution is -2.40. The summed E-state index contributed by atoms with van der Waals surface area (Å²) >= 11 is 0. The van der Waals surface area contributed by atoms with E-state index in [1.54, 1.807) is 17.3 Å². The largest absolute Gasteiger partial charge is 0.387 e. The fourth-order valence-electron chi connectivity index (χ4n) is 3.34. The number of rotatable bonds is 4. The molecule has 136 valence electrons. The molecular formula is C19H22N4O3. The Bertz CT molecular complexity index is 809. The van der Waals surface area contributed by atoms with Crippen LogP contribution in [0.25, 0.3) is 11.3 Å². The molecule has 1 aliphatic rings. The molecule has 0 spiro atoms. The third-order valence-corrected chi connectivity index (χ3v) is 4.48. The van der Waals surface area contributed by atoms with Crippen molar-refractivity contribution in [2.45, 2.75) is 25.7 Å². The van der Waals surface area contributed by atoms with Crippen molar-refractivity contribution >= 4 is 17.5 Å². The third kappa shape index (κ3) is 4.05. The van der Waals surface area contributed by atoms with E-state index in [4.69, 9.17) is 5.11 Å². The number of nitrogens with one attached hydrogen (secondary N) is 1.